The third kappa shape index (κ3) is 4.16. The van der Waals surface area contributed by atoms with Crippen LogP contribution in [0.25, 0.3) is 0 Å². The summed E-state index contributed by atoms with van der Waals surface area (Å²) in [5, 5.41) is 3.46. The minimum atomic E-state index is 0.874. The first-order valence-corrected chi connectivity index (χ1v) is 7.22. The molecule has 2 rings (SSSR count). The summed E-state index contributed by atoms with van der Waals surface area (Å²) in [5.41, 5.74) is 3.94. The number of anilines is 1. The van der Waals surface area contributed by atoms with Gasteiger partial charge in [0, 0.05) is 24.6 Å². The van der Waals surface area contributed by atoms with Crippen LogP contribution in [0.2, 0.25) is 0 Å². The molecule has 0 spiro atoms. The normalized spacial score (nSPS) is 10.6. The molecule has 1 aromatic carbocycles. The number of benzene rings is 1. The second-order valence-corrected chi connectivity index (χ2v) is 5.12. The van der Waals surface area contributed by atoms with E-state index in [0.717, 1.165) is 6.54 Å². The average Bonchev–Trinajstić information content (AvgIpc) is 2.84. The monoisotopic (exact) mass is 256 g/mol. The predicted octanol–water partition coefficient (Wildman–Crippen LogP) is 4.37. The molecule has 0 fully saturated rings. The van der Waals surface area contributed by atoms with E-state index in [1.54, 1.807) is 0 Å². The molecule has 0 aliphatic heterocycles. The van der Waals surface area contributed by atoms with E-state index in [4.69, 9.17) is 0 Å². The molecule has 2 heteroatoms. The first-order chi connectivity index (χ1) is 9.29. The van der Waals surface area contributed by atoms with Gasteiger partial charge in [0.15, 0.2) is 0 Å². The Morgan fingerprint density at radius 3 is 2.47 bits per heavy atom. The zero-order valence-corrected chi connectivity index (χ0v) is 12.0. The summed E-state index contributed by atoms with van der Waals surface area (Å²) in [4.78, 5) is 0. The largest absolute Gasteiger partial charge is 0.379 e. The number of hydrogen-bond acceptors (Lipinski definition) is 1. The van der Waals surface area contributed by atoms with Crippen molar-refractivity contribution in [3.05, 3.63) is 53.9 Å². The van der Waals surface area contributed by atoms with Crippen molar-refractivity contribution in [1.82, 2.24) is 4.57 Å². The molecule has 0 saturated carbocycles. The molecule has 0 amide bonds. The summed E-state index contributed by atoms with van der Waals surface area (Å²) in [6.45, 7) is 3.12. The van der Waals surface area contributed by atoms with E-state index in [9.17, 15) is 0 Å². The van der Waals surface area contributed by atoms with Gasteiger partial charge in [-0.2, -0.15) is 0 Å². The van der Waals surface area contributed by atoms with Gasteiger partial charge in [0.1, 0.15) is 0 Å². The van der Waals surface area contributed by atoms with Crippen molar-refractivity contribution in [2.75, 3.05) is 5.32 Å². The van der Waals surface area contributed by atoms with E-state index < -0.39 is 0 Å². The Hall–Kier alpha value is -1.70. The summed E-state index contributed by atoms with van der Waals surface area (Å²) in [7, 11) is 2.08. The molecular weight excluding hydrogens is 232 g/mol. The lowest BCUT2D eigenvalue weighted by Gasteiger charge is -2.08. The summed E-state index contributed by atoms with van der Waals surface area (Å²) in [5.74, 6) is 0. The van der Waals surface area contributed by atoms with Crippen LogP contribution in [0, 0.1) is 0 Å². The Balaban J connectivity index is 1.83. The van der Waals surface area contributed by atoms with E-state index in [1.165, 1.54) is 42.6 Å². The van der Waals surface area contributed by atoms with Crippen LogP contribution in [0.15, 0.2) is 42.6 Å². The third-order valence-electron chi connectivity index (χ3n) is 3.55. The third-order valence-corrected chi connectivity index (χ3v) is 3.55. The van der Waals surface area contributed by atoms with Crippen molar-refractivity contribution < 1.29 is 0 Å². The van der Waals surface area contributed by atoms with Crippen LogP contribution in [-0.2, 0) is 20.0 Å². The summed E-state index contributed by atoms with van der Waals surface area (Å²) < 4.78 is 2.14. The first kappa shape index (κ1) is 13.7. The van der Waals surface area contributed by atoms with Gasteiger partial charge in [0.05, 0.1) is 6.54 Å². The van der Waals surface area contributed by atoms with Crippen LogP contribution in [0.5, 0.6) is 0 Å². The fraction of sp³-hybridized carbons (Fsp3) is 0.412. The molecule has 0 aliphatic rings. The van der Waals surface area contributed by atoms with Crippen LogP contribution in [0.3, 0.4) is 0 Å². The van der Waals surface area contributed by atoms with Crippen molar-refractivity contribution >= 4 is 5.69 Å². The van der Waals surface area contributed by atoms with Gasteiger partial charge in [-0.1, -0.05) is 31.9 Å². The average molecular weight is 256 g/mol. The number of unbranched alkanes of at least 4 members (excludes halogenated alkanes) is 2. The van der Waals surface area contributed by atoms with E-state index in [0.29, 0.717) is 0 Å². The number of rotatable bonds is 7. The Morgan fingerprint density at radius 1 is 1.05 bits per heavy atom. The smallest absolute Gasteiger partial charge is 0.0553 e. The van der Waals surface area contributed by atoms with E-state index in [1.807, 2.05) is 0 Å². The molecule has 0 radical (unpaired) electrons. The first-order valence-electron chi connectivity index (χ1n) is 7.22. The Bertz CT molecular complexity index is 482. The molecular formula is C17H24N2. The van der Waals surface area contributed by atoms with Crippen LogP contribution >= 0.6 is 0 Å². The number of nitrogens with one attached hydrogen (secondary N) is 1. The molecule has 0 bridgehead atoms. The SMILES string of the molecule is CCCCCc1ccc(NCc2cccn2C)cc1. The van der Waals surface area contributed by atoms with Gasteiger partial charge < -0.3 is 9.88 Å². The predicted molar refractivity (Wildman–Crippen MR) is 82.4 cm³/mol. The van der Waals surface area contributed by atoms with E-state index >= 15 is 0 Å². The van der Waals surface area contributed by atoms with Crippen molar-refractivity contribution in [1.29, 1.82) is 0 Å². The van der Waals surface area contributed by atoms with Crippen molar-refractivity contribution in [2.24, 2.45) is 7.05 Å². The zero-order chi connectivity index (χ0) is 13.5. The van der Waals surface area contributed by atoms with Crippen molar-refractivity contribution in [3.8, 4) is 0 Å². The zero-order valence-electron chi connectivity index (χ0n) is 12.0. The quantitative estimate of drug-likeness (QED) is 0.728. The molecule has 0 aliphatic carbocycles. The molecule has 102 valence electrons. The molecule has 2 aromatic rings. The highest BCUT2D eigenvalue weighted by atomic mass is 15.0. The molecule has 1 aromatic heterocycles. The number of aryl methyl sites for hydroxylation is 2. The maximum atomic E-state index is 3.46. The highest BCUT2D eigenvalue weighted by molar-refractivity contribution is 5.44. The fourth-order valence-electron chi connectivity index (χ4n) is 2.24. The maximum absolute atomic E-state index is 3.46. The second-order valence-electron chi connectivity index (χ2n) is 5.12. The molecule has 1 heterocycles. The highest BCUT2D eigenvalue weighted by Gasteiger charge is 1.98. The van der Waals surface area contributed by atoms with Crippen LogP contribution in [-0.4, -0.2) is 4.57 Å². The molecule has 0 unspecified atom stereocenters. The van der Waals surface area contributed by atoms with Gasteiger partial charge in [-0.05, 0) is 42.7 Å². The fourth-order valence-corrected chi connectivity index (χ4v) is 2.24. The van der Waals surface area contributed by atoms with Gasteiger partial charge in [0.2, 0.25) is 0 Å². The Kier molecular flexibility index (Phi) is 5.08. The molecule has 19 heavy (non-hydrogen) atoms. The van der Waals surface area contributed by atoms with Gasteiger partial charge in [0.25, 0.3) is 0 Å². The second kappa shape index (κ2) is 7.03. The minimum absolute atomic E-state index is 0.874. The van der Waals surface area contributed by atoms with Gasteiger partial charge in [-0.15, -0.1) is 0 Å². The van der Waals surface area contributed by atoms with Gasteiger partial charge in [-0.3, -0.25) is 0 Å². The summed E-state index contributed by atoms with van der Waals surface area (Å²) >= 11 is 0. The summed E-state index contributed by atoms with van der Waals surface area (Å²) in [6.07, 6.45) is 7.19. The number of aromatic nitrogens is 1. The molecule has 0 saturated heterocycles. The lowest BCUT2D eigenvalue weighted by molar-refractivity contribution is 0.717. The lowest BCUT2D eigenvalue weighted by atomic mass is 10.1. The van der Waals surface area contributed by atoms with Gasteiger partial charge >= 0.3 is 0 Å². The Labute approximate surface area is 116 Å². The van der Waals surface area contributed by atoms with Crippen molar-refractivity contribution in [3.63, 3.8) is 0 Å². The van der Waals surface area contributed by atoms with Crippen molar-refractivity contribution in [2.45, 2.75) is 39.2 Å². The van der Waals surface area contributed by atoms with E-state index in [2.05, 4.69) is 66.5 Å². The highest BCUT2D eigenvalue weighted by Crippen LogP contribution is 2.13. The van der Waals surface area contributed by atoms with Crippen LogP contribution in [0.4, 0.5) is 5.69 Å². The number of nitrogens with zero attached hydrogens (tertiary/aromatic N) is 1. The topological polar surface area (TPSA) is 17.0 Å². The summed E-state index contributed by atoms with van der Waals surface area (Å²) in [6, 6.07) is 13.1. The molecule has 0 atom stereocenters. The molecule has 2 nitrogen and oxygen atoms in total. The lowest BCUT2D eigenvalue weighted by Crippen LogP contribution is -2.03. The maximum Gasteiger partial charge on any atom is 0.0553 e. The van der Waals surface area contributed by atoms with E-state index in [-0.39, 0.29) is 0 Å². The van der Waals surface area contributed by atoms with Crippen LogP contribution < -0.4 is 5.32 Å². The van der Waals surface area contributed by atoms with Gasteiger partial charge in [-0.25, -0.2) is 0 Å². The van der Waals surface area contributed by atoms with Crippen LogP contribution in [0.1, 0.15) is 37.4 Å². The number of hydrogen-bond donors (Lipinski definition) is 1. The minimum Gasteiger partial charge on any atom is -0.379 e. The standard InChI is InChI=1S/C17H24N2/c1-3-4-5-7-15-9-11-16(12-10-15)18-14-17-8-6-13-19(17)2/h6,8-13,18H,3-5,7,14H2,1-2H3. The molecule has 1 N–H and O–H groups in total. The Morgan fingerprint density at radius 2 is 1.84 bits per heavy atom.